The monoisotopic (exact) mass is 818 g/mol. The van der Waals surface area contributed by atoms with Crippen molar-refractivity contribution in [2.75, 3.05) is 0 Å². The molecule has 0 N–H and O–H groups in total. The second kappa shape index (κ2) is 15.2. The zero-order valence-electron chi connectivity index (χ0n) is 34.6. The predicted octanol–water partition coefficient (Wildman–Crippen LogP) is 12.6. The quantitative estimate of drug-likeness (QED) is 0.107. The van der Waals surface area contributed by atoms with Crippen LogP contribution in [0.4, 0.5) is 0 Å². The summed E-state index contributed by atoms with van der Waals surface area (Å²) in [7, 11) is -2.79. The summed E-state index contributed by atoms with van der Waals surface area (Å²) in [5.74, 6) is 0. The predicted molar refractivity (Wildman–Crippen MR) is 270 cm³/mol. The van der Waals surface area contributed by atoms with Crippen molar-refractivity contribution in [2.24, 2.45) is 0 Å². The molecule has 3 heteroatoms. The van der Waals surface area contributed by atoms with Gasteiger partial charge in [0.25, 0.3) is 0 Å². The van der Waals surface area contributed by atoms with Crippen LogP contribution in [0.1, 0.15) is 0 Å². The molecule has 12 rings (SSSR count). The van der Waals surface area contributed by atoms with E-state index in [1.54, 1.807) is 0 Å². The molecule has 0 aliphatic rings. The van der Waals surface area contributed by atoms with Gasteiger partial charge in [-0.15, -0.1) is 0 Å². The van der Waals surface area contributed by atoms with Crippen LogP contribution >= 0.6 is 0 Å². The van der Waals surface area contributed by atoms with Gasteiger partial charge in [0.05, 0.1) is 27.8 Å². The third-order valence-electron chi connectivity index (χ3n) is 13.1. The van der Waals surface area contributed by atoms with Crippen LogP contribution in [-0.4, -0.2) is 17.2 Å². The summed E-state index contributed by atoms with van der Waals surface area (Å²) in [6, 6.07) is 94.3. The van der Waals surface area contributed by atoms with Crippen LogP contribution in [0.25, 0.3) is 77.2 Å². The molecular weight excluding hydrogens is 777 g/mol. The van der Waals surface area contributed by atoms with Crippen molar-refractivity contribution in [1.29, 1.82) is 0 Å². The highest BCUT2D eigenvalue weighted by Gasteiger charge is 2.41. The molecule has 0 saturated heterocycles. The molecule has 63 heavy (non-hydrogen) atoms. The van der Waals surface area contributed by atoms with Gasteiger partial charge in [0.15, 0.2) is 8.07 Å². The fourth-order valence-electron chi connectivity index (χ4n) is 10.3. The first-order valence-corrected chi connectivity index (χ1v) is 23.8. The average Bonchev–Trinajstić information content (AvgIpc) is 3.88. The van der Waals surface area contributed by atoms with E-state index < -0.39 is 8.07 Å². The van der Waals surface area contributed by atoms with Crippen LogP contribution in [-0.2, 0) is 0 Å². The Hall–Kier alpha value is -7.98. The Labute approximate surface area is 368 Å². The molecule has 0 spiro atoms. The molecule has 10 aromatic carbocycles. The summed E-state index contributed by atoms with van der Waals surface area (Å²) in [6.45, 7) is 0. The van der Waals surface area contributed by atoms with E-state index in [9.17, 15) is 0 Å². The van der Waals surface area contributed by atoms with Gasteiger partial charge in [-0.2, -0.15) is 0 Å². The maximum Gasteiger partial charge on any atom is 0.179 e. The van der Waals surface area contributed by atoms with Gasteiger partial charge in [-0.25, -0.2) is 0 Å². The van der Waals surface area contributed by atoms with E-state index >= 15 is 0 Å². The Balaban J connectivity index is 1.14. The number of aromatic nitrogens is 2. The minimum atomic E-state index is -2.79. The zero-order valence-corrected chi connectivity index (χ0v) is 35.6. The number of hydrogen-bond donors (Lipinski definition) is 0. The number of para-hydroxylation sites is 2. The van der Waals surface area contributed by atoms with Gasteiger partial charge in [-0.05, 0) is 79.9 Å². The number of rotatable bonds is 8. The number of fused-ring (bicyclic) bond motifs is 6. The highest BCUT2D eigenvalue weighted by Crippen LogP contribution is 2.40. The molecule has 0 unspecified atom stereocenters. The maximum absolute atomic E-state index is 2.79. The fraction of sp³-hybridized carbons (Fsp3) is 0. The third kappa shape index (κ3) is 5.93. The van der Waals surface area contributed by atoms with E-state index in [4.69, 9.17) is 0 Å². The normalized spacial score (nSPS) is 11.8. The summed E-state index contributed by atoms with van der Waals surface area (Å²) in [4.78, 5) is 0. The lowest BCUT2D eigenvalue weighted by molar-refractivity contribution is 1.16. The third-order valence-corrected chi connectivity index (χ3v) is 17.8. The topological polar surface area (TPSA) is 9.86 Å². The summed E-state index contributed by atoms with van der Waals surface area (Å²) in [5.41, 5.74) is 11.8. The molecule has 2 nitrogen and oxygen atoms in total. The molecule has 0 saturated carbocycles. The molecule has 2 aromatic heterocycles. The van der Waals surface area contributed by atoms with E-state index in [2.05, 4.69) is 264 Å². The van der Waals surface area contributed by atoms with Crippen molar-refractivity contribution in [3.8, 4) is 33.6 Å². The summed E-state index contributed by atoms with van der Waals surface area (Å²) in [5, 5.41) is 10.4. The lowest BCUT2D eigenvalue weighted by Crippen LogP contribution is -2.74. The van der Waals surface area contributed by atoms with Crippen LogP contribution < -0.4 is 20.7 Å². The molecule has 12 aromatic rings. The number of hydrogen-bond acceptors (Lipinski definition) is 0. The standard InChI is InChI=1S/C60H42N2Si/c1-6-20-43(21-7-1)45-34-39-58(55(40-45)44-22-8-2-9-23-44)62-57-33-19-17-31-52(57)53-37-35-46(41-59(53)62)61-56-32-18-16-30-51(56)54-38-36-50(42-60(54)61)63(47-24-10-3-11-25-47,48-26-12-4-13-27-48)49-28-14-5-15-29-49/h1-42H. The smallest absolute Gasteiger partial charge is 0.179 e. The number of nitrogens with zero attached hydrogens (tertiary/aromatic N) is 2. The van der Waals surface area contributed by atoms with Crippen molar-refractivity contribution < 1.29 is 0 Å². The Morgan fingerprint density at radius 3 is 1.27 bits per heavy atom. The lowest BCUT2D eigenvalue weighted by atomic mass is 9.97. The van der Waals surface area contributed by atoms with Gasteiger partial charge in [0.1, 0.15) is 0 Å². The van der Waals surface area contributed by atoms with Gasteiger partial charge >= 0.3 is 0 Å². The SMILES string of the molecule is c1ccc(-c2ccc(-n3c4ccccc4c4ccc(-n5c6ccccc6c6ccc([Si](c7ccccc7)(c7ccccc7)c7ccccc7)cc65)cc43)c(-c3ccccc3)c2)cc1. The van der Waals surface area contributed by atoms with Crippen LogP contribution in [0.15, 0.2) is 255 Å². The molecule has 0 aliphatic heterocycles. The highest BCUT2D eigenvalue weighted by atomic mass is 28.3. The maximum atomic E-state index is 2.52. The van der Waals surface area contributed by atoms with E-state index in [1.807, 2.05) is 0 Å². The van der Waals surface area contributed by atoms with E-state index in [0.29, 0.717) is 0 Å². The minimum absolute atomic E-state index is 1.13. The molecule has 2 heterocycles. The van der Waals surface area contributed by atoms with Gasteiger partial charge in [0, 0.05) is 32.8 Å². The van der Waals surface area contributed by atoms with Crippen LogP contribution in [0.3, 0.4) is 0 Å². The fourth-order valence-corrected chi connectivity index (χ4v) is 15.1. The van der Waals surface area contributed by atoms with Crippen LogP contribution in [0.5, 0.6) is 0 Å². The molecule has 0 atom stereocenters. The number of benzene rings is 10. The second-order valence-electron chi connectivity index (χ2n) is 16.5. The molecule has 0 amide bonds. The highest BCUT2D eigenvalue weighted by molar-refractivity contribution is 7.20. The molecular formula is C60H42N2Si. The van der Waals surface area contributed by atoms with Crippen molar-refractivity contribution in [3.05, 3.63) is 255 Å². The molecule has 0 aliphatic carbocycles. The van der Waals surface area contributed by atoms with Gasteiger partial charge in [0.2, 0.25) is 0 Å². The first-order valence-electron chi connectivity index (χ1n) is 21.8. The average molecular weight is 819 g/mol. The molecule has 0 radical (unpaired) electrons. The molecule has 0 bridgehead atoms. The second-order valence-corrected chi connectivity index (χ2v) is 20.3. The van der Waals surface area contributed by atoms with Gasteiger partial charge in [-0.3, -0.25) is 0 Å². The lowest BCUT2D eigenvalue weighted by Gasteiger charge is -2.34. The first kappa shape index (κ1) is 36.8. The van der Waals surface area contributed by atoms with E-state index in [1.165, 1.54) is 86.6 Å². The van der Waals surface area contributed by atoms with E-state index in [0.717, 1.165) is 11.4 Å². The largest absolute Gasteiger partial charge is 0.309 e. The first-order chi connectivity index (χ1) is 31.3. The summed E-state index contributed by atoms with van der Waals surface area (Å²) < 4.78 is 5.00. The van der Waals surface area contributed by atoms with Crippen molar-refractivity contribution in [2.45, 2.75) is 0 Å². The van der Waals surface area contributed by atoms with E-state index in [-0.39, 0.29) is 0 Å². The van der Waals surface area contributed by atoms with Crippen LogP contribution in [0, 0.1) is 0 Å². The Bertz CT molecular complexity index is 3500. The van der Waals surface area contributed by atoms with Gasteiger partial charge < -0.3 is 9.13 Å². The van der Waals surface area contributed by atoms with Crippen LogP contribution in [0.2, 0.25) is 0 Å². The summed E-state index contributed by atoms with van der Waals surface area (Å²) >= 11 is 0. The molecule has 0 fully saturated rings. The Kier molecular flexibility index (Phi) is 8.87. The Morgan fingerprint density at radius 2 is 0.698 bits per heavy atom. The van der Waals surface area contributed by atoms with Crippen molar-refractivity contribution in [3.63, 3.8) is 0 Å². The van der Waals surface area contributed by atoms with Gasteiger partial charge in [-0.1, -0.05) is 212 Å². The summed E-state index contributed by atoms with van der Waals surface area (Å²) in [6.07, 6.45) is 0. The Morgan fingerprint density at radius 1 is 0.254 bits per heavy atom. The minimum Gasteiger partial charge on any atom is -0.309 e. The van der Waals surface area contributed by atoms with Crippen molar-refractivity contribution >= 4 is 72.4 Å². The van der Waals surface area contributed by atoms with Crippen molar-refractivity contribution in [1.82, 2.24) is 9.13 Å². The zero-order chi connectivity index (χ0) is 41.7. The molecule has 296 valence electrons.